The van der Waals surface area contributed by atoms with E-state index in [1.807, 2.05) is 36.4 Å². The molecule has 1 amide bonds. The Morgan fingerprint density at radius 3 is 2.41 bits per heavy atom. The Morgan fingerprint density at radius 1 is 1.07 bits per heavy atom. The molecule has 0 spiro atoms. The second-order valence-corrected chi connectivity index (χ2v) is 6.82. The van der Waals surface area contributed by atoms with Crippen LogP contribution in [0.15, 0.2) is 54.6 Å². The van der Waals surface area contributed by atoms with Crippen LogP contribution in [0.4, 0.5) is 11.4 Å². The summed E-state index contributed by atoms with van der Waals surface area (Å²) in [7, 11) is 0. The van der Waals surface area contributed by atoms with Crippen LogP contribution in [0, 0.1) is 0 Å². The van der Waals surface area contributed by atoms with Gasteiger partial charge in [-0.25, -0.2) is 0 Å². The number of hydrogen-bond acceptors (Lipinski definition) is 4. The van der Waals surface area contributed by atoms with E-state index in [1.54, 1.807) is 18.2 Å². The third-order valence-electron chi connectivity index (χ3n) is 4.04. The Kier molecular flexibility index (Phi) is 6.81. The molecule has 1 aliphatic rings. The Labute approximate surface area is 169 Å². The number of anilines is 2. The molecular weight excluding hydrogens is 382 g/mol. The van der Waals surface area contributed by atoms with Crippen LogP contribution in [0.25, 0.3) is 6.08 Å². The van der Waals surface area contributed by atoms with Crippen molar-refractivity contribution in [1.29, 1.82) is 0 Å². The molecule has 140 valence electrons. The van der Waals surface area contributed by atoms with Crippen LogP contribution >= 0.6 is 23.8 Å². The normalized spacial score (nSPS) is 14.2. The Balaban J connectivity index is 1.49. The molecule has 1 aliphatic heterocycles. The van der Waals surface area contributed by atoms with Gasteiger partial charge in [-0.3, -0.25) is 10.1 Å². The van der Waals surface area contributed by atoms with Crippen LogP contribution in [0.2, 0.25) is 5.02 Å². The number of morpholine rings is 1. The number of thiocarbonyl (C=S) groups is 1. The Morgan fingerprint density at radius 2 is 1.74 bits per heavy atom. The van der Waals surface area contributed by atoms with Crippen LogP contribution in [0.1, 0.15) is 5.56 Å². The first kappa shape index (κ1) is 19.4. The first-order chi connectivity index (χ1) is 13.1. The molecule has 0 bridgehead atoms. The van der Waals surface area contributed by atoms with Crippen molar-refractivity contribution in [2.24, 2.45) is 0 Å². The van der Waals surface area contributed by atoms with Crippen molar-refractivity contribution in [3.05, 3.63) is 65.2 Å². The zero-order chi connectivity index (χ0) is 19.1. The number of ether oxygens (including phenoxy) is 1. The highest BCUT2D eigenvalue weighted by Gasteiger charge is 2.11. The van der Waals surface area contributed by atoms with E-state index in [4.69, 9.17) is 28.6 Å². The lowest BCUT2D eigenvalue weighted by Crippen LogP contribution is -2.36. The fourth-order valence-electron chi connectivity index (χ4n) is 2.64. The van der Waals surface area contributed by atoms with Gasteiger partial charge in [0, 0.05) is 35.6 Å². The highest BCUT2D eigenvalue weighted by Crippen LogP contribution is 2.19. The molecule has 0 aromatic heterocycles. The second-order valence-electron chi connectivity index (χ2n) is 5.97. The van der Waals surface area contributed by atoms with Gasteiger partial charge in [0.15, 0.2) is 5.11 Å². The van der Waals surface area contributed by atoms with Crippen molar-refractivity contribution < 1.29 is 9.53 Å². The molecule has 1 heterocycles. The number of benzene rings is 2. The van der Waals surface area contributed by atoms with Gasteiger partial charge in [-0.15, -0.1) is 0 Å². The van der Waals surface area contributed by atoms with Gasteiger partial charge in [0.05, 0.1) is 13.2 Å². The van der Waals surface area contributed by atoms with Crippen molar-refractivity contribution in [3.8, 4) is 0 Å². The summed E-state index contributed by atoms with van der Waals surface area (Å²) in [6.45, 7) is 3.28. The number of carbonyl (C=O) groups excluding carboxylic acids is 1. The smallest absolute Gasteiger partial charge is 0.250 e. The van der Waals surface area contributed by atoms with E-state index in [2.05, 4.69) is 15.5 Å². The van der Waals surface area contributed by atoms with Gasteiger partial charge in [-0.2, -0.15) is 0 Å². The molecule has 0 unspecified atom stereocenters. The number of amides is 1. The molecule has 0 atom stereocenters. The van der Waals surface area contributed by atoms with E-state index < -0.39 is 0 Å². The molecule has 0 aliphatic carbocycles. The molecular formula is C20H20ClN3O2S. The second kappa shape index (κ2) is 9.50. The third kappa shape index (κ3) is 6.06. The summed E-state index contributed by atoms with van der Waals surface area (Å²) in [5, 5.41) is 6.55. The van der Waals surface area contributed by atoms with Gasteiger partial charge in [0.1, 0.15) is 0 Å². The molecule has 1 fully saturated rings. The molecule has 1 saturated heterocycles. The average molecular weight is 402 g/mol. The van der Waals surface area contributed by atoms with Crippen LogP contribution in [0.3, 0.4) is 0 Å². The predicted octanol–water partition coefficient (Wildman–Crippen LogP) is 3.70. The summed E-state index contributed by atoms with van der Waals surface area (Å²) < 4.78 is 5.37. The van der Waals surface area contributed by atoms with Gasteiger partial charge in [0.25, 0.3) is 0 Å². The minimum atomic E-state index is -0.299. The summed E-state index contributed by atoms with van der Waals surface area (Å²) >= 11 is 11.0. The van der Waals surface area contributed by atoms with Gasteiger partial charge in [0.2, 0.25) is 5.91 Å². The average Bonchev–Trinajstić information content (AvgIpc) is 2.69. The van der Waals surface area contributed by atoms with E-state index in [0.717, 1.165) is 43.2 Å². The number of carbonyl (C=O) groups is 1. The lowest BCUT2D eigenvalue weighted by molar-refractivity contribution is -0.115. The minimum absolute atomic E-state index is 0.250. The number of halogens is 1. The zero-order valence-corrected chi connectivity index (χ0v) is 16.2. The summed E-state index contributed by atoms with van der Waals surface area (Å²) in [6.07, 6.45) is 3.13. The van der Waals surface area contributed by atoms with E-state index >= 15 is 0 Å². The van der Waals surface area contributed by atoms with Crippen LogP contribution < -0.4 is 15.5 Å². The monoisotopic (exact) mass is 401 g/mol. The minimum Gasteiger partial charge on any atom is -0.378 e. The van der Waals surface area contributed by atoms with Crippen molar-refractivity contribution >= 4 is 52.3 Å². The quantitative estimate of drug-likeness (QED) is 0.604. The summed E-state index contributed by atoms with van der Waals surface area (Å²) in [5.41, 5.74) is 2.84. The van der Waals surface area contributed by atoms with Crippen molar-refractivity contribution in [2.45, 2.75) is 0 Å². The molecule has 2 N–H and O–H groups in total. The van der Waals surface area contributed by atoms with Gasteiger partial charge < -0.3 is 15.0 Å². The van der Waals surface area contributed by atoms with Crippen LogP contribution in [0.5, 0.6) is 0 Å². The number of nitrogens with zero attached hydrogens (tertiary/aromatic N) is 1. The first-order valence-electron chi connectivity index (χ1n) is 8.58. The molecule has 3 rings (SSSR count). The maximum Gasteiger partial charge on any atom is 0.250 e. The molecule has 2 aromatic rings. The van der Waals surface area contributed by atoms with Crippen molar-refractivity contribution in [3.63, 3.8) is 0 Å². The summed E-state index contributed by atoms with van der Waals surface area (Å²) in [5.74, 6) is -0.299. The number of rotatable bonds is 4. The molecule has 5 nitrogen and oxygen atoms in total. The summed E-state index contributed by atoms with van der Waals surface area (Å²) in [6, 6.07) is 15.1. The number of nitrogens with one attached hydrogen (secondary N) is 2. The summed E-state index contributed by atoms with van der Waals surface area (Å²) in [4.78, 5) is 14.2. The van der Waals surface area contributed by atoms with Crippen LogP contribution in [-0.4, -0.2) is 37.3 Å². The van der Waals surface area contributed by atoms with E-state index in [1.165, 1.54) is 6.08 Å². The maximum absolute atomic E-state index is 12.0. The van der Waals surface area contributed by atoms with E-state index in [9.17, 15) is 4.79 Å². The van der Waals surface area contributed by atoms with Gasteiger partial charge in [-0.05, 0) is 60.3 Å². The zero-order valence-electron chi connectivity index (χ0n) is 14.7. The fourth-order valence-corrected chi connectivity index (χ4v) is 2.98. The van der Waals surface area contributed by atoms with Gasteiger partial charge >= 0.3 is 0 Å². The fraction of sp³-hybridized carbons (Fsp3) is 0.200. The third-order valence-corrected chi connectivity index (χ3v) is 4.49. The molecule has 27 heavy (non-hydrogen) atoms. The molecule has 0 radical (unpaired) electrons. The molecule has 7 heteroatoms. The van der Waals surface area contributed by atoms with E-state index in [0.29, 0.717) is 5.02 Å². The van der Waals surface area contributed by atoms with Crippen molar-refractivity contribution in [1.82, 2.24) is 5.32 Å². The molecule has 2 aromatic carbocycles. The maximum atomic E-state index is 12.0. The standard InChI is InChI=1S/C20H20ClN3O2S/c21-16-4-1-15(2-5-16)3-10-19(25)23-20(27)22-17-6-8-18(9-7-17)24-11-13-26-14-12-24/h1-10H,11-14H2,(H2,22,23,25,27). The molecule has 0 saturated carbocycles. The lowest BCUT2D eigenvalue weighted by atomic mass is 10.2. The SMILES string of the molecule is O=C(C=Cc1ccc(Cl)cc1)NC(=S)Nc1ccc(N2CCOCC2)cc1. The lowest BCUT2D eigenvalue weighted by Gasteiger charge is -2.28. The van der Waals surface area contributed by atoms with Crippen LogP contribution in [-0.2, 0) is 9.53 Å². The largest absolute Gasteiger partial charge is 0.378 e. The number of hydrogen-bond donors (Lipinski definition) is 2. The Bertz CT molecular complexity index is 816. The highest BCUT2D eigenvalue weighted by molar-refractivity contribution is 7.80. The predicted molar refractivity (Wildman–Crippen MR) is 114 cm³/mol. The first-order valence-corrected chi connectivity index (χ1v) is 9.37. The topological polar surface area (TPSA) is 53.6 Å². The van der Waals surface area contributed by atoms with Crippen molar-refractivity contribution in [2.75, 3.05) is 36.5 Å². The Hall–Kier alpha value is -2.41. The van der Waals surface area contributed by atoms with E-state index in [-0.39, 0.29) is 11.0 Å². The van der Waals surface area contributed by atoms with Gasteiger partial charge in [-0.1, -0.05) is 23.7 Å². The highest BCUT2D eigenvalue weighted by atomic mass is 35.5.